The highest BCUT2D eigenvalue weighted by Crippen LogP contribution is 2.18. The standard InChI is InChI=1S/C24H26N4O3/c1-18(29)26-23-10-6-21(7-11-23)16-27(15-20-4-2-19(14-25)3-5-20)17-22-8-12-24(13-9-22)28(30)31/h2-13H,14-17,25H2,1H3,(H,26,29). The summed E-state index contributed by atoms with van der Waals surface area (Å²) >= 11 is 0. The smallest absolute Gasteiger partial charge is 0.269 e. The SMILES string of the molecule is CC(=O)Nc1ccc(CN(Cc2ccc(CN)cc2)Cc2ccc([N+](=O)[O-])cc2)cc1. The van der Waals surface area contributed by atoms with E-state index in [9.17, 15) is 14.9 Å². The fourth-order valence-electron chi connectivity index (χ4n) is 3.34. The van der Waals surface area contributed by atoms with Crippen LogP contribution in [0.2, 0.25) is 0 Å². The summed E-state index contributed by atoms with van der Waals surface area (Å²) in [5, 5.41) is 13.7. The van der Waals surface area contributed by atoms with Gasteiger partial charge in [-0.1, -0.05) is 48.5 Å². The van der Waals surface area contributed by atoms with Crippen LogP contribution in [0, 0.1) is 10.1 Å². The molecule has 0 saturated heterocycles. The van der Waals surface area contributed by atoms with Crippen molar-refractivity contribution in [2.45, 2.75) is 33.1 Å². The molecule has 3 N–H and O–H groups in total. The number of rotatable bonds is 9. The van der Waals surface area contributed by atoms with Gasteiger partial charge in [0, 0.05) is 50.9 Å². The Kier molecular flexibility index (Phi) is 7.48. The van der Waals surface area contributed by atoms with Gasteiger partial charge in [0.25, 0.3) is 5.69 Å². The molecule has 31 heavy (non-hydrogen) atoms. The summed E-state index contributed by atoms with van der Waals surface area (Å²) in [6, 6.07) is 22.6. The van der Waals surface area contributed by atoms with Gasteiger partial charge in [0.1, 0.15) is 0 Å². The van der Waals surface area contributed by atoms with Crippen molar-refractivity contribution >= 4 is 17.3 Å². The number of amides is 1. The maximum absolute atomic E-state index is 11.2. The Balaban J connectivity index is 1.76. The first-order valence-electron chi connectivity index (χ1n) is 10.0. The van der Waals surface area contributed by atoms with Crippen LogP contribution in [-0.4, -0.2) is 15.7 Å². The minimum atomic E-state index is -0.392. The topological polar surface area (TPSA) is 102 Å². The molecule has 0 heterocycles. The van der Waals surface area contributed by atoms with Crippen molar-refractivity contribution in [2.75, 3.05) is 5.32 Å². The number of benzene rings is 3. The first kappa shape index (κ1) is 22.1. The lowest BCUT2D eigenvalue weighted by Gasteiger charge is -2.23. The van der Waals surface area contributed by atoms with E-state index in [0.29, 0.717) is 19.6 Å². The van der Waals surface area contributed by atoms with E-state index in [2.05, 4.69) is 22.3 Å². The molecule has 0 aliphatic carbocycles. The van der Waals surface area contributed by atoms with E-state index in [0.717, 1.165) is 34.5 Å². The lowest BCUT2D eigenvalue weighted by Crippen LogP contribution is -2.22. The van der Waals surface area contributed by atoms with Crippen LogP contribution in [-0.2, 0) is 31.0 Å². The monoisotopic (exact) mass is 418 g/mol. The van der Waals surface area contributed by atoms with Gasteiger partial charge in [-0.15, -0.1) is 0 Å². The number of nitrogens with zero attached hydrogens (tertiary/aromatic N) is 2. The van der Waals surface area contributed by atoms with Crippen molar-refractivity contribution in [3.63, 3.8) is 0 Å². The molecule has 0 bridgehead atoms. The third-order valence-corrected chi connectivity index (χ3v) is 4.90. The molecular formula is C24H26N4O3. The van der Waals surface area contributed by atoms with Gasteiger partial charge in [0.05, 0.1) is 4.92 Å². The van der Waals surface area contributed by atoms with Gasteiger partial charge < -0.3 is 11.1 Å². The van der Waals surface area contributed by atoms with E-state index in [4.69, 9.17) is 5.73 Å². The number of hydrogen-bond donors (Lipinski definition) is 2. The zero-order valence-corrected chi connectivity index (χ0v) is 17.5. The molecule has 0 spiro atoms. The molecule has 7 heteroatoms. The van der Waals surface area contributed by atoms with Gasteiger partial charge in [-0.3, -0.25) is 19.8 Å². The molecule has 0 atom stereocenters. The minimum absolute atomic E-state index is 0.0845. The van der Waals surface area contributed by atoms with E-state index in [1.54, 1.807) is 12.1 Å². The number of nitrogens with one attached hydrogen (secondary N) is 1. The summed E-state index contributed by atoms with van der Waals surface area (Å²) in [7, 11) is 0. The van der Waals surface area contributed by atoms with Crippen molar-refractivity contribution in [3.8, 4) is 0 Å². The number of carbonyl (C=O) groups is 1. The number of nitrogens with two attached hydrogens (primary N) is 1. The van der Waals surface area contributed by atoms with Crippen LogP contribution in [0.3, 0.4) is 0 Å². The fourth-order valence-corrected chi connectivity index (χ4v) is 3.34. The van der Waals surface area contributed by atoms with E-state index in [1.165, 1.54) is 19.1 Å². The maximum atomic E-state index is 11.2. The summed E-state index contributed by atoms with van der Waals surface area (Å²) in [6.45, 7) is 4.04. The predicted molar refractivity (Wildman–Crippen MR) is 121 cm³/mol. The van der Waals surface area contributed by atoms with Gasteiger partial charge in [0.15, 0.2) is 0 Å². The second-order valence-corrected chi connectivity index (χ2v) is 7.47. The average molecular weight is 418 g/mol. The molecule has 0 aromatic heterocycles. The van der Waals surface area contributed by atoms with Gasteiger partial charge >= 0.3 is 0 Å². The maximum Gasteiger partial charge on any atom is 0.269 e. The highest BCUT2D eigenvalue weighted by Gasteiger charge is 2.11. The highest BCUT2D eigenvalue weighted by molar-refractivity contribution is 5.88. The summed E-state index contributed by atoms with van der Waals surface area (Å²) in [5.74, 6) is -0.103. The lowest BCUT2D eigenvalue weighted by atomic mass is 10.1. The Morgan fingerprint density at radius 3 is 1.68 bits per heavy atom. The molecule has 0 radical (unpaired) electrons. The second kappa shape index (κ2) is 10.5. The van der Waals surface area contributed by atoms with Crippen LogP contribution in [0.25, 0.3) is 0 Å². The predicted octanol–water partition coefficient (Wildman–Crippen LogP) is 4.21. The molecule has 0 aliphatic rings. The van der Waals surface area contributed by atoms with Gasteiger partial charge in [-0.2, -0.15) is 0 Å². The van der Waals surface area contributed by atoms with E-state index in [1.807, 2.05) is 36.4 Å². The number of carbonyl (C=O) groups excluding carboxylic acids is 1. The molecule has 3 aromatic carbocycles. The Morgan fingerprint density at radius 1 is 0.839 bits per heavy atom. The molecule has 3 aromatic rings. The Labute approximate surface area is 181 Å². The minimum Gasteiger partial charge on any atom is -0.326 e. The Bertz CT molecular complexity index is 1020. The largest absolute Gasteiger partial charge is 0.326 e. The van der Waals surface area contributed by atoms with Gasteiger partial charge in [0.2, 0.25) is 5.91 Å². The first-order chi connectivity index (χ1) is 14.9. The molecule has 1 amide bonds. The van der Waals surface area contributed by atoms with Gasteiger partial charge in [-0.25, -0.2) is 0 Å². The molecule has 0 unspecified atom stereocenters. The molecule has 3 rings (SSSR count). The molecule has 160 valence electrons. The normalized spacial score (nSPS) is 10.8. The zero-order chi connectivity index (χ0) is 22.2. The quantitative estimate of drug-likeness (QED) is 0.400. The van der Waals surface area contributed by atoms with E-state index in [-0.39, 0.29) is 11.6 Å². The van der Waals surface area contributed by atoms with Crippen molar-refractivity contribution in [1.82, 2.24) is 4.90 Å². The Hall–Kier alpha value is -3.55. The molecule has 7 nitrogen and oxygen atoms in total. The van der Waals surface area contributed by atoms with Crippen molar-refractivity contribution < 1.29 is 9.72 Å². The van der Waals surface area contributed by atoms with Crippen molar-refractivity contribution in [2.24, 2.45) is 5.73 Å². The third kappa shape index (κ3) is 6.74. The first-order valence-corrected chi connectivity index (χ1v) is 10.0. The van der Waals surface area contributed by atoms with Crippen LogP contribution in [0.1, 0.15) is 29.2 Å². The van der Waals surface area contributed by atoms with Gasteiger partial charge in [-0.05, 0) is 34.4 Å². The van der Waals surface area contributed by atoms with Crippen LogP contribution < -0.4 is 11.1 Å². The third-order valence-electron chi connectivity index (χ3n) is 4.90. The summed E-state index contributed by atoms with van der Waals surface area (Å²) in [6.07, 6.45) is 0. The van der Waals surface area contributed by atoms with Crippen molar-refractivity contribution in [3.05, 3.63) is 105 Å². The lowest BCUT2D eigenvalue weighted by molar-refractivity contribution is -0.384. The van der Waals surface area contributed by atoms with Crippen LogP contribution in [0.5, 0.6) is 0 Å². The number of hydrogen-bond acceptors (Lipinski definition) is 5. The number of non-ortho nitro benzene ring substituents is 1. The van der Waals surface area contributed by atoms with Crippen molar-refractivity contribution in [1.29, 1.82) is 0 Å². The van der Waals surface area contributed by atoms with Crippen LogP contribution in [0.15, 0.2) is 72.8 Å². The highest BCUT2D eigenvalue weighted by atomic mass is 16.6. The molecule has 0 fully saturated rings. The number of anilines is 1. The van der Waals surface area contributed by atoms with Crippen LogP contribution >= 0.6 is 0 Å². The molecule has 0 saturated carbocycles. The summed E-state index contributed by atoms with van der Waals surface area (Å²) < 4.78 is 0. The number of nitro groups is 1. The molecule has 0 aliphatic heterocycles. The summed E-state index contributed by atoms with van der Waals surface area (Å²) in [4.78, 5) is 24.0. The number of nitro benzene ring substituents is 1. The fraction of sp³-hybridized carbons (Fsp3) is 0.208. The molecular weight excluding hydrogens is 392 g/mol. The average Bonchev–Trinajstić information content (AvgIpc) is 2.75. The Morgan fingerprint density at radius 2 is 1.26 bits per heavy atom. The summed E-state index contributed by atoms with van der Waals surface area (Å²) in [5.41, 5.74) is 10.9. The zero-order valence-electron chi connectivity index (χ0n) is 17.5. The van der Waals surface area contributed by atoms with E-state index < -0.39 is 4.92 Å². The second-order valence-electron chi connectivity index (χ2n) is 7.47. The van der Waals surface area contributed by atoms with Crippen LogP contribution in [0.4, 0.5) is 11.4 Å². The van der Waals surface area contributed by atoms with E-state index >= 15 is 0 Å².